The molecule has 0 aliphatic heterocycles. The van der Waals surface area contributed by atoms with Gasteiger partial charge in [-0.15, -0.1) is 0 Å². The minimum atomic E-state index is -3.09. The number of aryl methyl sites for hydroxylation is 1. The lowest BCUT2D eigenvalue weighted by Crippen LogP contribution is -2.24. The molecule has 1 amide bonds. The van der Waals surface area contributed by atoms with E-state index in [1.54, 1.807) is 25.6 Å². The number of pyridine rings is 1. The number of rotatable bonds is 8. The van der Waals surface area contributed by atoms with E-state index in [0.717, 1.165) is 22.2 Å². The molecule has 1 aliphatic rings. The minimum absolute atomic E-state index is 0.0151. The number of carbonyl (C=O) groups is 1. The molecule has 0 saturated carbocycles. The number of allylic oxidation sites excluding steroid dienone is 2. The van der Waals surface area contributed by atoms with E-state index in [1.165, 1.54) is 29.3 Å². The number of aromatic nitrogens is 4. The molecular formula is C27H28FN5O4S. The molecule has 2 N–H and O–H groups in total. The molecule has 9 nitrogen and oxygen atoms in total. The van der Waals surface area contributed by atoms with Crippen molar-refractivity contribution >= 4 is 38.0 Å². The Morgan fingerprint density at radius 2 is 2.11 bits per heavy atom. The second-order valence-electron chi connectivity index (χ2n) is 9.46. The van der Waals surface area contributed by atoms with Gasteiger partial charge in [-0.1, -0.05) is 6.08 Å². The number of nitrogens with zero attached hydrogens (tertiary/aromatic N) is 3. The van der Waals surface area contributed by atoms with Crippen LogP contribution in [0.1, 0.15) is 25.0 Å². The number of hydrogen-bond acceptors (Lipinski definition) is 6. The Bertz CT molecular complexity index is 1640. The van der Waals surface area contributed by atoms with Gasteiger partial charge >= 0.3 is 0 Å². The number of aromatic amines is 1. The van der Waals surface area contributed by atoms with Crippen molar-refractivity contribution in [1.82, 2.24) is 19.7 Å². The van der Waals surface area contributed by atoms with Gasteiger partial charge in [0.2, 0.25) is 5.91 Å². The fraction of sp³-hybridized carbons (Fsp3) is 0.296. The van der Waals surface area contributed by atoms with Gasteiger partial charge in [-0.3, -0.25) is 9.48 Å². The zero-order valence-electron chi connectivity index (χ0n) is 21.1. The summed E-state index contributed by atoms with van der Waals surface area (Å²) in [5.74, 6) is -0.0661. The molecule has 4 aromatic rings. The number of carbonyl (C=O) groups excluding carboxylic acids is 1. The zero-order valence-corrected chi connectivity index (χ0v) is 21.9. The lowest BCUT2D eigenvalue weighted by Gasteiger charge is -2.20. The fourth-order valence-corrected chi connectivity index (χ4v) is 5.22. The molecule has 0 radical (unpaired) electrons. The Kier molecular flexibility index (Phi) is 7.02. The van der Waals surface area contributed by atoms with E-state index in [1.807, 2.05) is 12.1 Å². The maximum Gasteiger partial charge on any atom is 0.227 e. The van der Waals surface area contributed by atoms with Crippen LogP contribution in [0.5, 0.6) is 5.75 Å². The van der Waals surface area contributed by atoms with E-state index in [0.29, 0.717) is 41.9 Å². The van der Waals surface area contributed by atoms with E-state index in [2.05, 4.69) is 26.5 Å². The lowest BCUT2D eigenvalue weighted by molar-refractivity contribution is -0.120. The van der Waals surface area contributed by atoms with Crippen LogP contribution >= 0.6 is 0 Å². The second-order valence-corrected chi connectivity index (χ2v) is 11.7. The number of sulfone groups is 1. The summed E-state index contributed by atoms with van der Waals surface area (Å²) in [4.78, 5) is 20.7. The van der Waals surface area contributed by atoms with Gasteiger partial charge in [0.05, 0.1) is 31.3 Å². The SMILES string of the molecule is COc1ccc(F)cc1-c1ccnc2[nH]c(C3=CCC(C(=O)Nc4cnn(CCS(C)(=O)=O)c4)CC3)cc12. The van der Waals surface area contributed by atoms with Gasteiger partial charge in [0, 0.05) is 41.2 Å². The molecule has 1 aliphatic carbocycles. The first-order chi connectivity index (χ1) is 18.2. The maximum atomic E-state index is 14.0. The van der Waals surface area contributed by atoms with Crippen molar-refractivity contribution in [1.29, 1.82) is 0 Å². The lowest BCUT2D eigenvalue weighted by atomic mass is 9.87. The number of nitrogens with one attached hydrogen (secondary N) is 2. The number of ether oxygens (including phenoxy) is 1. The molecule has 38 heavy (non-hydrogen) atoms. The van der Waals surface area contributed by atoms with Crippen LogP contribution in [-0.4, -0.2) is 53.2 Å². The van der Waals surface area contributed by atoms with Gasteiger partial charge in [-0.2, -0.15) is 5.10 Å². The van der Waals surface area contributed by atoms with Crippen molar-refractivity contribution in [2.45, 2.75) is 25.8 Å². The van der Waals surface area contributed by atoms with Crippen LogP contribution in [-0.2, 0) is 21.2 Å². The highest BCUT2D eigenvalue weighted by molar-refractivity contribution is 7.90. The predicted octanol–water partition coefficient (Wildman–Crippen LogP) is 4.44. The first kappa shape index (κ1) is 25.7. The normalized spacial score (nSPS) is 15.9. The summed E-state index contributed by atoms with van der Waals surface area (Å²) in [6, 6.07) is 8.29. The summed E-state index contributed by atoms with van der Waals surface area (Å²) in [5.41, 5.74) is 4.72. The third-order valence-electron chi connectivity index (χ3n) is 6.70. The molecule has 0 saturated heterocycles. The van der Waals surface area contributed by atoms with E-state index in [-0.39, 0.29) is 29.9 Å². The largest absolute Gasteiger partial charge is 0.496 e. The Hall–Kier alpha value is -3.99. The molecule has 0 spiro atoms. The number of fused-ring (bicyclic) bond motifs is 1. The van der Waals surface area contributed by atoms with E-state index in [9.17, 15) is 17.6 Å². The first-order valence-electron chi connectivity index (χ1n) is 12.2. The van der Waals surface area contributed by atoms with Crippen LogP contribution in [0.3, 0.4) is 0 Å². The van der Waals surface area contributed by atoms with Crippen LogP contribution in [0.25, 0.3) is 27.7 Å². The van der Waals surface area contributed by atoms with Gasteiger partial charge in [0.15, 0.2) is 0 Å². The number of hydrogen-bond donors (Lipinski definition) is 2. The Labute approximate surface area is 219 Å². The van der Waals surface area contributed by atoms with Crippen LogP contribution < -0.4 is 10.1 Å². The molecule has 5 rings (SSSR count). The Morgan fingerprint density at radius 3 is 2.84 bits per heavy atom. The summed E-state index contributed by atoms with van der Waals surface area (Å²) in [7, 11) is -1.54. The molecule has 1 unspecified atom stereocenters. The third kappa shape index (κ3) is 5.62. The van der Waals surface area contributed by atoms with Crippen molar-refractivity contribution in [3.05, 3.63) is 66.5 Å². The predicted molar refractivity (Wildman–Crippen MR) is 144 cm³/mol. The Morgan fingerprint density at radius 1 is 1.26 bits per heavy atom. The minimum Gasteiger partial charge on any atom is -0.496 e. The highest BCUT2D eigenvalue weighted by Crippen LogP contribution is 2.37. The first-order valence-corrected chi connectivity index (χ1v) is 14.3. The summed E-state index contributed by atoms with van der Waals surface area (Å²) < 4.78 is 43.7. The molecule has 1 atom stereocenters. The standard InChI is InChI=1S/C27H28FN5O4S/c1-37-25-8-7-19(28)13-22(25)21-9-10-29-26-23(21)14-24(32-26)17-3-5-18(6-4-17)27(34)31-20-15-30-33(16-20)11-12-38(2,35)36/h3,7-10,13-16,18H,4-6,11-12H2,1-2H3,(H,29,32)(H,31,34). The average molecular weight is 538 g/mol. The van der Waals surface area contributed by atoms with Crippen molar-refractivity contribution < 1.29 is 22.3 Å². The topological polar surface area (TPSA) is 119 Å². The van der Waals surface area contributed by atoms with Crippen LogP contribution in [0.4, 0.5) is 10.1 Å². The molecular weight excluding hydrogens is 509 g/mol. The number of halogens is 1. The monoisotopic (exact) mass is 537 g/mol. The summed E-state index contributed by atoms with van der Waals surface area (Å²) in [6.45, 7) is 0.233. The molecule has 3 heterocycles. The van der Waals surface area contributed by atoms with E-state index >= 15 is 0 Å². The highest BCUT2D eigenvalue weighted by Gasteiger charge is 2.24. The maximum absolute atomic E-state index is 14.0. The quantitative estimate of drug-likeness (QED) is 0.343. The zero-order chi connectivity index (χ0) is 26.9. The van der Waals surface area contributed by atoms with Crippen LogP contribution in [0.2, 0.25) is 0 Å². The molecule has 0 bridgehead atoms. The van der Waals surface area contributed by atoms with E-state index < -0.39 is 9.84 Å². The summed E-state index contributed by atoms with van der Waals surface area (Å²) in [5, 5.41) is 7.87. The fourth-order valence-electron chi connectivity index (χ4n) is 4.70. The van der Waals surface area contributed by atoms with Gasteiger partial charge < -0.3 is 15.0 Å². The van der Waals surface area contributed by atoms with Crippen molar-refractivity contribution in [2.75, 3.05) is 24.4 Å². The van der Waals surface area contributed by atoms with Gasteiger partial charge in [-0.05, 0) is 60.7 Å². The van der Waals surface area contributed by atoms with E-state index in [4.69, 9.17) is 4.74 Å². The molecule has 1 aromatic carbocycles. The van der Waals surface area contributed by atoms with Crippen LogP contribution in [0.15, 0.2) is 55.0 Å². The number of methoxy groups -OCH3 is 1. The second kappa shape index (κ2) is 10.4. The van der Waals surface area contributed by atoms with Gasteiger partial charge in [0.25, 0.3) is 0 Å². The molecule has 198 valence electrons. The number of H-pyrrole nitrogens is 1. The third-order valence-corrected chi connectivity index (χ3v) is 7.63. The number of benzene rings is 1. The van der Waals surface area contributed by atoms with Gasteiger partial charge in [-0.25, -0.2) is 17.8 Å². The summed E-state index contributed by atoms with van der Waals surface area (Å²) in [6.07, 6.45) is 10.0. The molecule has 11 heteroatoms. The average Bonchev–Trinajstić information content (AvgIpc) is 3.54. The molecule has 3 aromatic heterocycles. The summed E-state index contributed by atoms with van der Waals surface area (Å²) >= 11 is 0. The number of anilines is 1. The Balaban J connectivity index is 1.29. The highest BCUT2D eigenvalue weighted by atomic mass is 32.2. The van der Waals surface area contributed by atoms with Crippen molar-refractivity contribution in [2.24, 2.45) is 5.92 Å². The molecule has 0 fully saturated rings. The van der Waals surface area contributed by atoms with Gasteiger partial charge in [0.1, 0.15) is 27.1 Å². The van der Waals surface area contributed by atoms with Crippen molar-refractivity contribution in [3.8, 4) is 16.9 Å². The van der Waals surface area contributed by atoms with Crippen molar-refractivity contribution in [3.63, 3.8) is 0 Å². The van der Waals surface area contributed by atoms with Crippen LogP contribution in [0, 0.1) is 11.7 Å². The number of amides is 1. The smallest absolute Gasteiger partial charge is 0.227 e.